The predicted molar refractivity (Wildman–Crippen MR) is 136 cm³/mol. The molecule has 11 heteroatoms. The van der Waals surface area contributed by atoms with Gasteiger partial charge in [-0.1, -0.05) is 30.3 Å². The fourth-order valence-corrected chi connectivity index (χ4v) is 6.60. The molecule has 192 valence electrons. The molecule has 1 fully saturated rings. The number of aromatic nitrogens is 2. The summed E-state index contributed by atoms with van der Waals surface area (Å²) in [6, 6.07) is 10.5. The third-order valence-corrected chi connectivity index (χ3v) is 8.27. The zero-order chi connectivity index (χ0) is 26.3. The molecule has 0 radical (unpaired) electrons. The van der Waals surface area contributed by atoms with Crippen LogP contribution < -0.4 is 10.4 Å². The normalized spacial score (nSPS) is 21.7. The molecule has 1 amide bonds. The Bertz CT molecular complexity index is 1700. The number of rotatable bonds is 1. The van der Waals surface area contributed by atoms with Gasteiger partial charge in [-0.05, 0) is 29.7 Å². The number of thiazole rings is 1. The van der Waals surface area contributed by atoms with Gasteiger partial charge in [0.05, 0.1) is 34.8 Å². The number of ether oxygens (including phenoxy) is 1. The van der Waals surface area contributed by atoms with Crippen molar-refractivity contribution in [3.8, 4) is 27.4 Å². The minimum absolute atomic E-state index is 0.0304. The van der Waals surface area contributed by atoms with Crippen LogP contribution in [0.2, 0.25) is 0 Å². The molecule has 38 heavy (non-hydrogen) atoms. The zero-order valence-electron chi connectivity index (χ0n) is 20.0. The summed E-state index contributed by atoms with van der Waals surface area (Å²) >= 11 is 1.33. The van der Waals surface area contributed by atoms with Gasteiger partial charge in [0.2, 0.25) is 5.43 Å². The van der Waals surface area contributed by atoms with Gasteiger partial charge in [0.1, 0.15) is 6.17 Å². The molecule has 7 rings (SSSR count). The van der Waals surface area contributed by atoms with Crippen molar-refractivity contribution < 1.29 is 23.4 Å². The summed E-state index contributed by atoms with van der Waals surface area (Å²) in [6.07, 6.45) is 0.472. The molecule has 0 saturated carbocycles. The molecule has 8 nitrogen and oxygen atoms in total. The number of amides is 1. The topological polar surface area (TPSA) is 87.9 Å². The van der Waals surface area contributed by atoms with E-state index in [-0.39, 0.29) is 30.5 Å². The van der Waals surface area contributed by atoms with Crippen LogP contribution in [0.15, 0.2) is 59.0 Å². The summed E-state index contributed by atoms with van der Waals surface area (Å²) in [7, 11) is 0. The summed E-state index contributed by atoms with van der Waals surface area (Å²) in [5, 5.41) is 12.6. The van der Waals surface area contributed by atoms with Crippen LogP contribution in [-0.4, -0.2) is 51.0 Å². The SMILES string of the molecule is CC1CN2C(=O)c3c(O)c(=O)ccn3N([C@@H]3c4ccccc4-c4scnc4-c4c3ccc(F)c4F)[C@@H]2CO1. The molecule has 4 heterocycles. The summed E-state index contributed by atoms with van der Waals surface area (Å²) in [5.41, 5.74) is 3.06. The van der Waals surface area contributed by atoms with Crippen molar-refractivity contribution in [2.75, 3.05) is 18.2 Å². The van der Waals surface area contributed by atoms with E-state index in [1.807, 2.05) is 31.2 Å². The van der Waals surface area contributed by atoms with E-state index in [4.69, 9.17) is 4.74 Å². The minimum atomic E-state index is -1.02. The number of benzene rings is 2. The molecule has 1 saturated heterocycles. The predicted octanol–water partition coefficient (Wildman–Crippen LogP) is 3.86. The van der Waals surface area contributed by atoms with Crippen molar-refractivity contribution in [1.82, 2.24) is 14.6 Å². The second-order valence-corrected chi connectivity index (χ2v) is 10.4. The van der Waals surface area contributed by atoms with Crippen molar-refractivity contribution in [1.29, 1.82) is 0 Å². The Morgan fingerprint density at radius 2 is 1.92 bits per heavy atom. The lowest BCUT2D eigenvalue weighted by atomic mass is 9.92. The van der Waals surface area contributed by atoms with Crippen molar-refractivity contribution in [3.05, 3.63) is 92.9 Å². The number of halogens is 2. The van der Waals surface area contributed by atoms with Gasteiger partial charge in [-0.25, -0.2) is 13.8 Å². The highest BCUT2D eigenvalue weighted by atomic mass is 32.1. The van der Waals surface area contributed by atoms with E-state index in [2.05, 4.69) is 4.98 Å². The van der Waals surface area contributed by atoms with Gasteiger partial charge in [-0.15, -0.1) is 11.3 Å². The lowest BCUT2D eigenvalue weighted by molar-refractivity contribution is -0.0575. The van der Waals surface area contributed by atoms with Crippen LogP contribution in [0.3, 0.4) is 0 Å². The monoisotopic (exact) mass is 534 g/mol. The summed E-state index contributed by atoms with van der Waals surface area (Å²) in [4.78, 5) is 32.7. The maximum atomic E-state index is 15.6. The lowest BCUT2D eigenvalue weighted by Gasteiger charge is -2.52. The number of carbonyl (C=O) groups is 1. The molecule has 0 bridgehead atoms. The second kappa shape index (κ2) is 8.20. The highest BCUT2D eigenvalue weighted by molar-refractivity contribution is 7.13. The summed E-state index contributed by atoms with van der Waals surface area (Å²) in [5.74, 6) is -3.20. The molecule has 4 aromatic rings. The van der Waals surface area contributed by atoms with Crippen LogP contribution in [0.4, 0.5) is 8.78 Å². The Hall–Kier alpha value is -4.09. The van der Waals surface area contributed by atoms with Crippen LogP contribution in [0.25, 0.3) is 21.7 Å². The van der Waals surface area contributed by atoms with Crippen LogP contribution in [0, 0.1) is 11.6 Å². The number of carbonyl (C=O) groups excluding carboxylic acids is 1. The number of hydrogen-bond donors (Lipinski definition) is 1. The average molecular weight is 535 g/mol. The maximum Gasteiger partial charge on any atom is 0.278 e. The number of fused-ring (bicyclic) bond motifs is 7. The first-order valence-corrected chi connectivity index (χ1v) is 12.9. The Morgan fingerprint density at radius 1 is 1.11 bits per heavy atom. The first kappa shape index (κ1) is 23.1. The van der Waals surface area contributed by atoms with Gasteiger partial charge in [-0.2, -0.15) is 0 Å². The van der Waals surface area contributed by atoms with Crippen molar-refractivity contribution in [2.45, 2.75) is 25.2 Å². The molecule has 1 N–H and O–H groups in total. The minimum Gasteiger partial charge on any atom is -0.502 e. The van der Waals surface area contributed by atoms with Crippen LogP contribution in [0.5, 0.6) is 5.75 Å². The molecule has 3 atom stereocenters. The van der Waals surface area contributed by atoms with Crippen LogP contribution in [0.1, 0.15) is 34.6 Å². The third-order valence-electron chi connectivity index (χ3n) is 7.41. The molecular formula is C27H20F2N4O4S. The first-order valence-electron chi connectivity index (χ1n) is 12.0. The largest absolute Gasteiger partial charge is 0.502 e. The number of hydrogen-bond acceptors (Lipinski definition) is 7. The second-order valence-electron chi connectivity index (χ2n) is 9.53. The smallest absolute Gasteiger partial charge is 0.278 e. The van der Waals surface area contributed by atoms with Gasteiger partial charge in [-0.3, -0.25) is 19.3 Å². The average Bonchev–Trinajstić information content (AvgIpc) is 3.35. The number of aromatic hydroxyl groups is 1. The molecule has 2 aliphatic heterocycles. The standard InChI is InChI=1S/C27H20F2N4O4S/c1-13-10-31-19(11-37-13)33(32-9-8-18(34)25(35)24(32)27(31)36)23-14-4-2-3-5-15(14)26-22(30-12-38-26)20-16(23)6-7-17(28)21(20)29/h2-9,12-13,19,23,35H,10-11H2,1H3/t13?,19-,23-/m1/s1. The van der Waals surface area contributed by atoms with E-state index in [0.717, 1.165) is 17.2 Å². The van der Waals surface area contributed by atoms with Gasteiger partial charge in [0, 0.05) is 24.4 Å². The van der Waals surface area contributed by atoms with E-state index < -0.39 is 40.9 Å². The van der Waals surface area contributed by atoms with Gasteiger partial charge >= 0.3 is 0 Å². The zero-order valence-corrected chi connectivity index (χ0v) is 20.8. The van der Waals surface area contributed by atoms with Crippen molar-refractivity contribution in [2.24, 2.45) is 0 Å². The quantitative estimate of drug-likeness (QED) is 0.399. The van der Waals surface area contributed by atoms with Gasteiger partial charge in [0.25, 0.3) is 5.91 Å². The van der Waals surface area contributed by atoms with Crippen LogP contribution in [-0.2, 0) is 4.74 Å². The van der Waals surface area contributed by atoms with E-state index in [1.54, 1.807) is 15.4 Å². The molecule has 1 unspecified atom stereocenters. The highest BCUT2D eigenvalue weighted by Crippen LogP contribution is 2.50. The van der Waals surface area contributed by atoms with E-state index in [0.29, 0.717) is 16.1 Å². The van der Waals surface area contributed by atoms with Crippen LogP contribution >= 0.6 is 11.3 Å². The van der Waals surface area contributed by atoms with Gasteiger partial charge in [0.15, 0.2) is 23.1 Å². The van der Waals surface area contributed by atoms with E-state index >= 15 is 4.39 Å². The van der Waals surface area contributed by atoms with Crippen molar-refractivity contribution >= 4 is 17.2 Å². The third kappa shape index (κ3) is 3.05. The molecule has 2 aromatic heterocycles. The molecule has 2 aromatic carbocycles. The molecule has 3 aliphatic rings. The fourth-order valence-electron chi connectivity index (χ4n) is 5.76. The fraction of sp³-hybridized carbons (Fsp3) is 0.222. The lowest BCUT2D eigenvalue weighted by Crippen LogP contribution is -2.67. The number of morpholine rings is 1. The number of nitrogens with zero attached hydrogens (tertiary/aromatic N) is 4. The number of pyridine rings is 1. The first-order chi connectivity index (χ1) is 18.4. The Balaban J connectivity index is 1.58. The van der Waals surface area contributed by atoms with E-state index in [1.165, 1.54) is 34.3 Å². The van der Waals surface area contributed by atoms with Crippen molar-refractivity contribution in [3.63, 3.8) is 0 Å². The summed E-state index contributed by atoms with van der Waals surface area (Å²) in [6.45, 7) is 2.17. The Morgan fingerprint density at radius 3 is 2.76 bits per heavy atom. The molecule has 0 spiro atoms. The Labute approximate surface area is 218 Å². The summed E-state index contributed by atoms with van der Waals surface area (Å²) < 4.78 is 37.7. The maximum absolute atomic E-state index is 15.6. The highest BCUT2D eigenvalue weighted by Gasteiger charge is 2.47. The van der Waals surface area contributed by atoms with Gasteiger partial charge < -0.3 is 14.7 Å². The molecule has 1 aliphatic carbocycles. The Kier molecular flexibility index (Phi) is 4.98. The van der Waals surface area contributed by atoms with E-state index in [9.17, 15) is 19.1 Å². The molecular weight excluding hydrogens is 514 g/mol.